The van der Waals surface area contributed by atoms with Gasteiger partial charge >= 0.3 is 5.97 Å². The van der Waals surface area contributed by atoms with Crippen LogP contribution in [-0.2, 0) is 16.0 Å². The van der Waals surface area contributed by atoms with Gasteiger partial charge in [0.2, 0.25) is 0 Å². The van der Waals surface area contributed by atoms with E-state index in [0.29, 0.717) is 11.5 Å². The molecule has 0 unspecified atom stereocenters. The highest BCUT2D eigenvalue weighted by atomic mass is 16.5. The summed E-state index contributed by atoms with van der Waals surface area (Å²) in [5.74, 6) is -0.138. The molecule has 0 saturated carbocycles. The van der Waals surface area contributed by atoms with E-state index >= 15 is 0 Å². The lowest BCUT2D eigenvalue weighted by Crippen LogP contribution is -2.06. The number of carbonyl (C=O) groups is 1. The number of aryl methyl sites for hydroxylation is 1. The zero-order valence-corrected chi connectivity index (χ0v) is 14.0. The molecule has 2 N–H and O–H groups in total. The van der Waals surface area contributed by atoms with Gasteiger partial charge in [0.25, 0.3) is 0 Å². The highest BCUT2D eigenvalue weighted by Crippen LogP contribution is 2.28. The van der Waals surface area contributed by atoms with Crippen molar-refractivity contribution in [3.63, 3.8) is 0 Å². The molecular formula is C20H22O4. The average Bonchev–Trinajstić information content (AvgIpc) is 2.58. The predicted molar refractivity (Wildman–Crippen MR) is 95.0 cm³/mol. The smallest absolute Gasteiger partial charge is 0.341 e. The second-order valence-electron chi connectivity index (χ2n) is 5.65. The molecule has 0 fully saturated rings. The van der Waals surface area contributed by atoms with Crippen molar-refractivity contribution in [2.24, 2.45) is 0 Å². The molecule has 0 saturated heterocycles. The Bertz CT molecular complexity index is 787. The summed E-state index contributed by atoms with van der Waals surface area (Å²) in [7, 11) is 0. The van der Waals surface area contributed by atoms with Crippen molar-refractivity contribution in [3.8, 4) is 5.75 Å². The third kappa shape index (κ3) is 4.62. The maximum Gasteiger partial charge on any atom is 0.341 e. The summed E-state index contributed by atoms with van der Waals surface area (Å²) in [6.45, 7) is 3.47. The van der Waals surface area contributed by atoms with Crippen LogP contribution in [0.3, 0.4) is 0 Å². The van der Waals surface area contributed by atoms with Crippen LogP contribution in [-0.4, -0.2) is 22.8 Å². The Morgan fingerprint density at radius 3 is 2.54 bits per heavy atom. The fraction of sp³-hybridized carbons (Fsp3) is 0.250. The van der Waals surface area contributed by atoms with Gasteiger partial charge in [-0.25, -0.2) is 4.79 Å². The molecule has 0 aliphatic carbocycles. The number of aromatic hydroxyl groups is 1. The van der Waals surface area contributed by atoms with Crippen LogP contribution in [0.15, 0.2) is 59.9 Å². The van der Waals surface area contributed by atoms with Crippen molar-refractivity contribution in [1.82, 2.24) is 0 Å². The van der Waals surface area contributed by atoms with Gasteiger partial charge in [0.05, 0.1) is 0 Å². The van der Waals surface area contributed by atoms with Gasteiger partial charge in [0, 0.05) is 5.39 Å². The summed E-state index contributed by atoms with van der Waals surface area (Å²) in [4.78, 5) is 10.6. The van der Waals surface area contributed by atoms with Crippen molar-refractivity contribution in [2.45, 2.75) is 26.7 Å². The number of phenolic OH excluding ortho intramolecular Hbond substituents is 1. The van der Waals surface area contributed by atoms with Crippen LogP contribution < -0.4 is 0 Å². The summed E-state index contributed by atoms with van der Waals surface area (Å²) in [5.41, 5.74) is 2.27. The highest BCUT2D eigenvalue weighted by molar-refractivity contribution is 5.90. The Morgan fingerprint density at radius 2 is 1.88 bits per heavy atom. The van der Waals surface area contributed by atoms with Crippen LogP contribution in [0.1, 0.15) is 25.8 Å². The first kappa shape index (κ1) is 17.6. The normalized spacial score (nSPS) is 12.4. The number of rotatable bonds is 7. The number of benzene rings is 2. The number of carboxylic acid groups (broad SMARTS) is 1. The van der Waals surface area contributed by atoms with E-state index in [1.165, 1.54) is 5.56 Å². The van der Waals surface area contributed by atoms with E-state index in [4.69, 9.17) is 9.84 Å². The molecule has 2 aromatic rings. The van der Waals surface area contributed by atoms with Gasteiger partial charge in [0.1, 0.15) is 11.5 Å². The molecule has 0 heterocycles. The maximum absolute atomic E-state index is 10.6. The topological polar surface area (TPSA) is 66.8 Å². The molecule has 0 radical (unpaired) electrons. The number of fused-ring (bicyclic) bond motifs is 1. The molecule has 126 valence electrons. The van der Waals surface area contributed by atoms with E-state index in [-0.39, 0.29) is 6.61 Å². The maximum atomic E-state index is 10.6. The fourth-order valence-corrected chi connectivity index (χ4v) is 2.56. The van der Waals surface area contributed by atoms with Gasteiger partial charge in [0.15, 0.2) is 6.61 Å². The Hall–Kier alpha value is -2.75. The summed E-state index contributed by atoms with van der Waals surface area (Å²) in [6, 6.07) is 11.5. The number of hydrogen-bond donors (Lipinski definition) is 2. The molecule has 0 bridgehead atoms. The van der Waals surface area contributed by atoms with Crippen molar-refractivity contribution in [1.29, 1.82) is 0 Å². The third-order valence-electron chi connectivity index (χ3n) is 3.82. The SMILES string of the molecule is C/C=C(\C=C(\C)CCc1ccc(O)c2ccccc12)OCC(=O)O. The van der Waals surface area contributed by atoms with Crippen molar-refractivity contribution in [2.75, 3.05) is 6.61 Å². The molecule has 0 amide bonds. The molecule has 0 spiro atoms. The summed E-state index contributed by atoms with van der Waals surface area (Å²) < 4.78 is 5.21. The third-order valence-corrected chi connectivity index (χ3v) is 3.82. The lowest BCUT2D eigenvalue weighted by atomic mass is 9.98. The summed E-state index contributed by atoms with van der Waals surface area (Å²) >= 11 is 0. The quantitative estimate of drug-likeness (QED) is 0.583. The van der Waals surface area contributed by atoms with E-state index in [2.05, 4.69) is 0 Å². The van der Waals surface area contributed by atoms with E-state index < -0.39 is 5.97 Å². The van der Waals surface area contributed by atoms with Gasteiger partial charge in [-0.15, -0.1) is 0 Å². The molecule has 2 rings (SSSR count). The fourth-order valence-electron chi connectivity index (χ4n) is 2.56. The number of allylic oxidation sites excluding steroid dienone is 3. The second-order valence-corrected chi connectivity index (χ2v) is 5.65. The van der Waals surface area contributed by atoms with Crippen molar-refractivity contribution >= 4 is 16.7 Å². The number of carboxylic acids is 1. The van der Waals surface area contributed by atoms with Crippen LogP contribution in [0, 0.1) is 0 Å². The summed E-state index contributed by atoms with van der Waals surface area (Å²) in [6.07, 6.45) is 5.27. The van der Waals surface area contributed by atoms with Gasteiger partial charge in [-0.2, -0.15) is 0 Å². The molecule has 0 aliphatic rings. The minimum absolute atomic E-state index is 0.292. The lowest BCUT2D eigenvalue weighted by Gasteiger charge is -2.09. The molecule has 24 heavy (non-hydrogen) atoms. The molecule has 2 aromatic carbocycles. The summed E-state index contributed by atoms with van der Waals surface area (Å²) in [5, 5.41) is 20.5. The van der Waals surface area contributed by atoms with Crippen LogP contribution >= 0.6 is 0 Å². The van der Waals surface area contributed by atoms with E-state index in [1.54, 1.807) is 12.1 Å². The zero-order chi connectivity index (χ0) is 17.5. The van der Waals surface area contributed by atoms with Gasteiger partial charge < -0.3 is 14.9 Å². The first-order chi connectivity index (χ1) is 11.5. The highest BCUT2D eigenvalue weighted by Gasteiger charge is 2.06. The Kier molecular flexibility index (Phi) is 6.01. The van der Waals surface area contributed by atoms with E-state index in [0.717, 1.165) is 29.2 Å². The predicted octanol–water partition coefficient (Wildman–Crippen LogP) is 4.43. The van der Waals surface area contributed by atoms with Crippen LogP contribution in [0.25, 0.3) is 10.8 Å². The minimum atomic E-state index is -0.990. The minimum Gasteiger partial charge on any atom is -0.507 e. The number of hydrogen-bond acceptors (Lipinski definition) is 3. The van der Waals surface area contributed by atoms with Crippen LogP contribution in [0.4, 0.5) is 0 Å². The first-order valence-electron chi connectivity index (χ1n) is 7.89. The number of phenols is 1. The van der Waals surface area contributed by atoms with E-state index in [9.17, 15) is 9.90 Å². The van der Waals surface area contributed by atoms with Crippen molar-refractivity contribution in [3.05, 3.63) is 65.4 Å². The van der Waals surface area contributed by atoms with Crippen LogP contribution in [0.2, 0.25) is 0 Å². The standard InChI is InChI=1S/C20H22O4/c1-3-16(24-13-20(22)23)12-14(2)8-9-15-10-11-19(21)18-7-5-4-6-17(15)18/h3-7,10-12,21H,8-9,13H2,1-2H3,(H,22,23)/b14-12-,16-3+. The lowest BCUT2D eigenvalue weighted by molar-refractivity contribution is -0.140. The second kappa shape index (κ2) is 8.20. The van der Waals surface area contributed by atoms with Crippen molar-refractivity contribution < 1.29 is 19.7 Å². The van der Waals surface area contributed by atoms with Crippen LogP contribution in [0.5, 0.6) is 5.75 Å². The number of ether oxygens (including phenoxy) is 1. The van der Waals surface area contributed by atoms with Gasteiger partial charge in [-0.05, 0) is 55.9 Å². The van der Waals surface area contributed by atoms with E-state index in [1.807, 2.05) is 50.3 Å². The molecule has 0 aliphatic heterocycles. The molecule has 4 nitrogen and oxygen atoms in total. The number of aliphatic carboxylic acids is 1. The largest absolute Gasteiger partial charge is 0.507 e. The average molecular weight is 326 g/mol. The molecule has 4 heteroatoms. The zero-order valence-electron chi connectivity index (χ0n) is 14.0. The molecule has 0 aromatic heterocycles. The van der Waals surface area contributed by atoms with Gasteiger partial charge in [-0.1, -0.05) is 35.9 Å². The molecule has 0 atom stereocenters. The Balaban J connectivity index is 2.09. The monoisotopic (exact) mass is 326 g/mol. The molecular weight excluding hydrogens is 304 g/mol. The first-order valence-corrected chi connectivity index (χ1v) is 7.89. The Morgan fingerprint density at radius 1 is 1.17 bits per heavy atom. The van der Waals surface area contributed by atoms with Gasteiger partial charge in [-0.3, -0.25) is 0 Å². The Labute approximate surface area is 141 Å².